The third-order valence-corrected chi connectivity index (χ3v) is 3.64. The fourth-order valence-electron chi connectivity index (χ4n) is 2.17. The molecular formula is C19H25N3O2. The first kappa shape index (κ1) is 17.9. The fourth-order valence-corrected chi connectivity index (χ4v) is 2.17. The van der Waals surface area contributed by atoms with Crippen molar-refractivity contribution in [2.75, 3.05) is 25.6 Å². The van der Waals surface area contributed by atoms with E-state index in [1.165, 1.54) is 5.56 Å². The Balaban J connectivity index is 1.97. The number of anilines is 2. The number of amides is 1. The van der Waals surface area contributed by atoms with Crippen LogP contribution in [0.1, 0.15) is 36.7 Å². The first-order chi connectivity index (χ1) is 11.4. The quantitative estimate of drug-likeness (QED) is 0.797. The molecule has 24 heavy (non-hydrogen) atoms. The summed E-state index contributed by atoms with van der Waals surface area (Å²) in [6.45, 7) is 7.53. The molecule has 1 heterocycles. The van der Waals surface area contributed by atoms with E-state index in [1.54, 1.807) is 25.4 Å². The molecule has 0 radical (unpaired) electrons. The van der Waals surface area contributed by atoms with E-state index in [0.29, 0.717) is 24.5 Å². The van der Waals surface area contributed by atoms with E-state index in [1.807, 2.05) is 12.1 Å². The van der Waals surface area contributed by atoms with E-state index >= 15 is 0 Å². The Labute approximate surface area is 143 Å². The number of rotatable bonds is 6. The van der Waals surface area contributed by atoms with Crippen molar-refractivity contribution in [3.05, 3.63) is 53.7 Å². The monoisotopic (exact) mass is 327 g/mol. The van der Waals surface area contributed by atoms with Crippen molar-refractivity contribution in [3.8, 4) is 0 Å². The van der Waals surface area contributed by atoms with Gasteiger partial charge in [-0.25, -0.2) is 4.98 Å². The third kappa shape index (κ3) is 5.06. The van der Waals surface area contributed by atoms with E-state index in [-0.39, 0.29) is 11.3 Å². The first-order valence-corrected chi connectivity index (χ1v) is 8.01. The van der Waals surface area contributed by atoms with Crippen LogP contribution in [0.3, 0.4) is 0 Å². The molecule has 0 aliphatic heterocycles. The zero-order valence-corrected chi connectivity index (χ0v) is 14.7. The predicted molar refractivity (Wildman–Crippen MR) is 96.9 cm³/mol. The van der Waals surface area contributed by atoms with Crippen molar-refractivity contribution >= 4 is 17.4 Å². The summed E-state index contributed by atoms with van der Waals surface area (Å²) in [5.74, 6) is 0.549. The van der Waals surface area contributed by atoms with Gasteiger partial charge in [0.15, 0.2) is 0 Å². The Kier molecular flexibility index (Phi) is 5.93. The molecule has 128 valence electrons. The van der Waals surface area contributed by atoms with Gasteiger partial charge in [0.2, 0.25) is 0 Å². The molecule has 0 unspecified atom stereocenters. The molecule has 2 aromatic rings. The van der Waals surface area contributed by atoms with Crippen LogP contribution in [0.2, 0.25) is 0 Å². The number of nitrogens with one attached hydrogen (secondary N) is 2. The second kappa shape index (κ2) is 7.93. The summed E-state index contributed by atoms with van der Waals surface area (Å²) >= 11 is 0. The Morgan fingerprint density at radius 3 is 2.38 bits per heavy atom. The van der Waals surface area contributed by atoms with Gasteiger partial charge in [0, 0.05) is 25.5 Å². The molecule has 0 bridgehead atoms. The molecule has 0 atom stereocenters. The number of pyridine rings is 1. The average Bonchev–Trinajstić information content (AvgIpc) is 2.55. The highest BCUT2D eigenvalue weighted by Gasteiger charge is 2.12. The van der Waals surface area contributed by atoms with Gasteiger partial charge in [0.25, 0.3) is 5.91 Å². The minimum Gasteiger partial charge on any atom is -0.383 e. The van der Waals surface area contributed by atoms with Crippen molar-refractivity contribution in [1.82, 2.24) is 10.3 Å². The van der Waals surface area contributed by atoms with Gasteiger partial charge >= 0.3 is 0 Å². The maximum Gasteiger partial charge on any atom is 0.252 e. The van der Waals surface area contributed by atoms with Gasteiger partial charge < -0.3 is 15.4 Å². The Hall–Kier alpha value is -2.40. The minimum absolute atomic E-state index is 0.134. The summed E-state index contributed by atoms with van der Waals surface area (Å²) in [7, 11) is 1.60. The largest absolute Gasteiger partial charge is 0.383 e. The maximum absolute atomic E-state index is 11.9. The van der Waals surface area contributed by atoms with E-state index < -0.39 is 0 Å². The van der Waals surface area contributed by atoms with E-state index in [4.69, 9.17) is 4.74 Å². The lowest BCUT2D eigenvalue weighted by Gasteiger charge is -2.19. The standard InChI is InChI=1S/C19H25N3O2/c1-19(2,3)15-6-8-16(9-7-15)22-17-10-5-14(13-21-17)18(23)20-11-12-24-4/h5-10,13H,11-12H2,1-4H3,(H,20,23)(H,21,22). The second-order valence-electron chi connectivity index (χ2n) is 6.63. The lowest BCUT2D eigenvalue weighted by atomic mass is 9.87. The van der Waals surface area contributed by atoms with Crippen LogP contribution in [-0.2, 0) is 10.2 Å². The molecule has 2 rings (SSSR count). The molecule has 0 saturated carbocycles. The van der Waals surface area contributed by atoms with Gasteiger partial charge in [-0.15, -0.1) is 0 Å². The van der Waals surface area contributed by atoms with E-state index in [9.17, 15) is 4.79 Å². The lowest BCUT2D eigenvalue weighted by Crippen LogP contribution is -2.26. The summed E-state index contributed by atoms with van der Waals surface area (Å²) in [6, 6.07) is 11.8. The summed E-state index contributed by atoms with van der Waals surface area (Å²) < 4.78 is 4.90. The van der Waals surface area contributed by atoms with Crippen molar-refractivity contribution < 1.29 is 9.53 Å². The van der Waals surface area contributed by atoms with Crippen molar-refractivity contribution in [1.29, 1.82) is 0 Å². The van der Waals surface area contributed by atoms with Crippen molar-refractivity contribution in [2.45, 2.75) is 26.2 Å². The number of aromatic nitrogens is 1. The molecule has 5 heteroatoms. The molecule has 5 nitrogen and oxygen atoms in total. The number of hydrogen-bond donors (Lipinski definition) is 2. The van der Waals surface area contributed by atoms with Crippen LogP contribution in [0.15, 0.2) is 42.6 Å². The average molecular weight is 327 g/mol. The van der Waals surface area contributed by atoms with Crippen LogP contribution >= 0.6 is 0 Å². The van der Waals surface area contributed by atoms with Crippen molar-refractivity contribution in [2.24, 2.45) is 0 Å². The van der Waals surface area contributed by atoms with Gasteiger partial charge in [0.05, 0.1) is 12.2 Å². The summed E-state index contributed by atoms with van der Waals surface area (Å²) in [5, 5.41) is 6.00. The number of ether oxygens (including phenoxy) is 1. The summed E-state index contributed by atoms with van der Waals surface area (Å²) in [6.07, 6.45) is 1.56. The second-order valence-corrected chi connectivity index (χ2v) is 6.63. The molecular weight excluding hydrogens is 302 g/mol. The number of benzene rings is 1. The van der Waals surface area contributed by atoms with Crippen LogP contribution < -0.4 is 10.6 Å². The summed E-state index contributed by atoms with van der Waals surface area (Å²) in [4.78, 5) is 16.2. The van der Waals surface area contributed by atoms with Gasteiger partial charge in [-0.05, 0) is 35.2 Å². The molecule has 2 N–H and O–H groups in total. The number of methoxy groups -OCH3 is 1. The van der Waals surface area contributed by atoms with Crippen LogP contribution in [-0.4, -0.2) is 31.2 Å². The fraction of sp³-hybridized carbons (Fsp3) is 0.368. The third-order valence-electron chi connectivity index (χ3n) is 3.64. The smallest absolute Gasteiger partial charge is 0.252 e. The van der Waals surface area contributed by atoms with E-state index in [0.717, 1.165) is 5.69 Å². The number of hydrogen-bond acceptors (Lipinski definition) is 4. The van der Waals surface area contributed by atoms with Gasteiger partial charge in [-0.1, -0.05) is 32.9 Å². The highest BCUT2D eigenvalue weighted by atomic mass is 16.5. The predicted octanol–water partition coefficient (Wildman–Crippen LogP) is 3.50. The molecule has 0 aliphatic rings. The maximum atomic E-state index is 11.9. The lowest BCUT2D eigenvalue weighted by molar-refractivity contribution is 0.0937. The highest BCUT2D eigenvalue weighted by Crippen LogP contribution is 2.24. The molecule has 0 saturated heterocycles. The number of carbonyl (C=O) groups excluding carboxylic acids is 1. The SMILES string of the molecule is COCCNC(=O)c1ccc(Nc2ccc(C(C)(C)C)cc2)nc1. The Morgan fingerprint density at radius 1 is 1.12 bits per heavy atom. The van der Waals surface area contributed by atoms with Gasteiger partial charge in [0.1, 0.15) is 5.82 Å². The molecule has 0 aliphatic carbocycles. The minimum atomic E-state index is -0.152. The number of carbonyl (C=O) groups is 1. The normalized spacial score (nSPS) is 11.2. The number of nitrogens with zero attached hydrogens (tertiary/aromatic N) is 1. The Morgan fingerprint density at radius 2 is 1.83 bits per heavy atom. The molecule has 0 fully saturated rings. The van der Waals surface area contributed by atoms with E-state index in [2.05, 4.69) is 48.5 Å². The highest BCUT2D eigenvalue weighted by molar-refractivity contribution is 5.94. The van der Waals surface area contributed by atoms with Gasteiger partial charge in [-0.3, -0.25) is 4.79 Å². The first-order valence-electron chi connectivity index (χ1n) is 8.01. The van der Waals surface area contributed by atoms with Crippen LogP contribution in [0.5, 0.6) is 0 Å². The summed E-state index contributed by atoms with van der Waals surface area (Å²) in [5.41, 5.74) is 2.91. The van der Waals surface area contributed by atoms with Crippen LogP contribution in [0, 0.1) is 0 Å². The molecule has 1 amide bonds. The topological polar surface area (TPSA) is 63.2 Å². The molecule has 1 aromatic carbocycles. The van der Waals surface area contributed by atoms with Crippen LogP contribution in [0.4, 0.5) is 11.5 Å². The van der Waals surface area contributed by atoms with Crippen molar-refractivity contribution in [3.63, 3.8) is 0 Å². The molecule has 0 spiro atoms. The van der Waals surface area contributed by atoms with Gasteiger partial charge in [-0.2, -0.15) is 0 Å². The van der Waals surface area contributed by atoms with Crippen LogP contribution in [0.25, 0.3) is 0 Å². The zero-order valence-electron chi connectivity index (χ0n) is 14.7. The zero-order chi connectivity index (χ0) is 17.6. The molecule has 1 aromatic heterocycles. The Bertz CT molecular complexity index is 659.